The Bertz CT molecular complexity index is 1310. The second kappa shape index (κ2) is 6.74. The van der Waals surface area contributed by atoms with Gasteiger partial charge in [0.1, 0.15) is 0 Å². The molecule has 1 unspecified atom stereocenters. The lowest BCUT2D eigenvalue weighted by Crippen LogP contribution is -2.00. The maximum Gasteiger partial charge on any atom is 0.193 e. The number of thiophene rings is 1. The number of benzene rings is 4. The van der Waals surface area contributed by atoms with Crippen molar-refractivity contribution in [3.8, 4) is 4.90 Å². The van der Waals surface area contributed by atoms with Crippen LogP contribution in [0.4, 0.5) is 0 Å². The minimum atomic E-state index is -0.126. The smallest absolute Gasteiger partial charge is 0.193 e. The molecular formula is C26H19OS+. The molecule has 1 aromatic heterocycles. The number of fused-ring (bicyclic) bond motifs is 3. The van der Waals surface area contributed by atoms with Crippen molar-refractivity contribution < 1.29 is 4.79 Å². The van der Waals surface area contributed by atoms with E-state index in [0.29, 0.717) is 0 Å². The molecule has 2 heteroatoms. The highest BCUT2D eigenvalue weighted by Crippen LogP contribution is 2.48. The minimum Gasteiger partial charge on any atom is -0.289 e. The topological polar surface area (TPSA) is 17.1 Å². The zero-order chi connectivity index (χ0) is 19.1. The third-order valence-corrected chi connectivity index (χ3v) is 7.49. The van der Waals surface area contributed by atoms with Crippen LogP contribution in [0.25, 0.3) is 25.1 Å². The molecule has 0 aliphatic carbocycles. The number of rotatable bonds is 3. The summed E-state index contributed by atoms with van der Waals surface area (Å²) in [5.41, 5.74) is 2.74. The molecule has 28 heavy (non-hydrogen) atoms. The van der Waals surface area contributed by atoms with Crippen molar-refractivity contribution >= 4 is 36.4 Å². The molecule has 5 aromatic rings. The minimum absolute atomic E-state index is 0.0722. The maximum absolute atomic E-state index is 12.9. The van der Waals surface area contributed by atoms with Crippen LogP contribution in [0.1, 0.15) is 21.5 Å². The summed E-state index contributed by atoms with van der Waals surface area (Å²) in [4.78, 5) is 14.3. The van der Waals surface area contributed by atoms with Crippen LogP contribution >= 0.6 is 10.5 Å². The summed E-state index contributed by atoms with van der Waals surface area (Å²) in [7, 11) is -0.126. The summed E-state index contributed by atoms with van der Waals surface area (Å²) in [5, 5.41) is 2.42. The lowest BCUT2D eigenvalue weighted by Gasteiger charge is -2.01. The molecule has 0 bridgehead atoms. The average Bonchev–Trinajstić information content (AvgIpc) is 3.08. The summed E-state index contributed by atoms with van der Waals surface area (Å²) < 4.78 is 2.64. The van der Waals surface area contributed by atoms with E-state index in [1.807, 2.05) is 36.4 Å². The molecule has 0 spiro atoms. The number of carbonyl (C=O) groups excluding carboxylic acids is 1. The van der Waals surface area contributed by atoms with Gasteiger partial charge in [0.15, 0.2) is 20.1 Å². The van der Waals surface area contributed by atoms with Gasteiger partial charge in [-0.3, -0.25) is 4.79 Å². The fourth-order valence-electron chi connectivity index (χ4n) is 3.73. The highest BCUT2D eigenvalue weighted by molar-refractivity contribution is 7.50. The SMILES string of the molecule is Cc1ccc(-[s+]2c3ccccc3c3cc(C(=O)c4ccccc4)ccc32)cc1. The van der Waals surface area contributed by atoms with Crippen LogP contribution in [0, 0.1) is 6.92 Å². The summed E-state index contributed by atoms with van der Waals surface area (Å²) in [6, 6.07) is 33.1. The molecule has 0 saturated carbocycles. The molecule has 4 aromatic carbocycles. The van der Waals surface area contributed by atoms with Crippen LogP contribution in [-0.4, -0.2) is 5.78 Å². The van der Waals surface area contributed by atoms with E-state index in [1.54, 1.807) is 0 Å². The summed E-state index contributed by atoms with van der Waals surface area (Å²) in [5.74, 6) is 0.0722. The zero-order valence-electron chi connectivity index (χ0n) is 15.6. The third kappa shape index (κ3) is 2.74. The van der Waals surface area contributed by atoms with Crippen LogP contribution in [0.15, 0.2) is 97.1 Å². The van der Waals surface area contributed by atoms with E-state index in [0.717, 1.165) is 11.1 Å². The monoisotopic (exact) mass is 379 g/mol. The van der Waals surface area contributed by atoms with Gasteiger partial charge in [0.05, 0.1) is 0 Å². The second-order valence-electron chi connectivity index (χ2n) is 7.02. The normalized spacial score (nSPS) is 11.8. The van der Waals surface area contributed by atoms with Crippen molar-refractivity contribution in [2.45, 2.75) is 6.92 Å². The Morgan fingerprint density at radius 3 is 2.11 bits per heavy atom. The van der Waals surface area contributed by atoms with Gasteiger partial charge in [0, 0.05) is 32.4 Å². The molecule has 5 rings (SSSR count). The Hall–Kier alpha value is -3.23. The molecular weight excluding hydrogens is 360 g/mol. The van der Waals surface area contributed by atoms with E-state index in [4.69, 9.17) is 0 Å². The van der Waals surface area contributed by atoms with E-state index < -0.39 is 0 Å². The van der Waals surface area contributed by atoms with Gasteiger partial charge < -0.3 is 0 Å². The second-order valence-corrected chi connectivity index (χ2v) is 8.98. The molecule has 0 aliphatic rings. The molecule has 0 radical (unpaired) electrons. The summed E-state index contributed by atoms with van der Waals surface area (Å²) in [6.07, 6.45) is 0. The van der Waals surface area contributed by atoms with E-state index >= 15 is 0 Å². The number of hydrogen-bond acceptors (Lipinski definition) is 1. The van der Waals surface area contributed by atoms with E-state index in [9.17, 15) is 4.79 Å². The van der Waals surface area contributed by atoms with Crippen molar-refractivity contribution in [2.24, 2.45) is 0 Å². The molecule has 1 heterocycles. The summed E-state index contributed by atoms with van der Waals surface area (Å²) >= 11 is 0. The van der Waals surface area contributed by atoms with Crippen LogP contribution < -0.4 is 0 Å². The number of ketones is 1. The Kier molecular flexibility index (Phi) is 4.07. The highest BCUT2D eigenvalue weighted by Gasteiger charge is 2.24. The van der Waals surface area contributed by atoms with E-state index in [1.165, 1.54) is 30.6 Å². The molecule has 0 aliphatic heterocycles. The summed E-state index contributed by atoms with van der Waals surface area (Å²) in [6.45, 7) is 2.12. The van der Waals surface area contributed by atoms with Crippen LogP contribution in [0.2, 0.25) is 0 Å². The molecule has 0 N–H and O–H groups in total. The van der Waals surface area contributed by atoms with Gasteiger partial charge in [-0.2, -0.15) is 0 Å². The fraction of sp³-hybridized carbons (Fsp3) is 0.0385. The Morgan fingerprint density at radius 1 is 0.643 bits per heavy atom. The van der Waals surface area contributed by atoms with Crippen LogP contribution in [0.3, 0.4) is 0 Å². The Balaban J connectivity index is 1.76. The molecule has 0 saturated heterocycles. The van der Waals surface area contributed by atoms with Gasteiger partial charge in [0.25, 0.3) is 0 Å². The van der Waals surface area contributed by atoms with Gasteiger partial charge >= 0.3 is 0 Å². The van der Waals surface area contributed by atoms with Crippen molar-refractivity contribution in [3.05, 3.63) is 114 Å². The molecule has 134 valence electrons. The predicted molar refractivity (Wildman–Crippen MR) is 120 cm³/mol. The number of aryl methyl sites for hydroxylation is 1. The standard InChI is InChI=1S/C26H19OS/c1-18-11-14-21(15-12-18)28-24-10-6-5-9-22(24)23-17-20(13-16-25(23)28)26(27)19-7-3-2-4-8-19/h2-17H,1H3/q+1. The van der Waals surface area contributed by atoms with Crippen molar-refractivity contribution in [3.63, 3.8) is 0 Å². The lowest BCUT2D eigenvalue weighted by atomic mass is 10.0. The van der Waals surface area contributed by atoms with Crippen LogP contribution in [-0.2, 0) is 0 Å². The third-order valence-electron chi connectivity index (χ3n) is 5.15. The van der Waals surface area contributed by atoms with E-state index in [2.05, 4.69) is 67.6 Å². The maximum atomic E-state index is 12.9. The Labute approximate surface area is 166 Å². The van der Waals surface area contributed by atoms with E-state index in [-0.39, 0.29) is 16.3 Å². The van der Waals surface area contributed by atoms with Crippen molar-refractivity contribution in [2.75, 3.05) is 0 Å². The Morgan fingerprint density at radius 2 is 1.32 bits per heavy atom. The number of hydrogen-bond donors (Lipinski definition) is 0. The first kappa shape index (κ1) is 16.9. The van der Waals surface area contributed by atoms with Gasteiger partial charge in [0.2, 0.25) is 0 Å². The molecule has 0 amide bonds. The first-order valence-electron chi connectivity index (χ1n) is 9.36. The van der Waals surface area contributed by atoms with Gasteiger partial charge in [-0.15, -0.1) is 0 Å². The van der Waals surface area contributed by atoms with Crippen molar-refractivity contribution in [1.29, 1.82) is 0 Å². The number of carbonyl (C=O) groups is 1. The first-order chi connectivity index (χ1) is 13.7. The molecule has 1 atom stereocenters. The fourth-order valence-corrected chi connectivity index (χ4v) is 6.09. The quantitative estimate of drug-likeness (QED) is 0.238. The molecule has 1 nitrogen and oxygen atoms in total. The first-order valence-corrected chi connectivity index (χ1v) is 10.6. The van der Waals surface area contributed by atoms with Gasteiger partial charge in [-0.25, -0.2) is 0 Å². The largest absolute Gasteiger partial charge is 0.289 e. The average molecular weight is 380 g/mol. The lowest BCUT2D eigenvalue weighted by molar-refractivity contribution is 0.103. The predicted octanol–water partition coefficient (Wildman–Crippen LogP) is 7.27. The zero-order valence-corrected chi connectivity index (χ0v) is 16.4. The highest BCUT2D eigenvalue weighted by atomic mass is 32.2. The van der Waals surface area contributed by atoms with Gasteiger partial charge in [-0.1, -0.05) is 60.2 Å². The van der Waals surface area contributed by atoms with Gasteiger partial charge in [-0.05, 0) is 49.4 Å². The van der Waals surface area contributed by atoms with Crippen LogP contribution in [0.5, 0.6) is 0 Å². The van der Waals surface area contributed by atoms with Crippen molar-refractivity contribution in [1.82, 2.24) is 0 Å². The molecule has 0 fully saturated rings.